The van der Waals surface area contributed by atoms with Crippen LogP contribution in [0.5, 0.6) is 11.5 Å². The number of phenolic OH excluding ortho intramolecular Hbond substituents is 2. The van der Waals surface area contributed by atoms with E-state index in [9.17, 15) is 15.0 Å². The molecule has 2 rings (SSSR count). The van der Waals surface area contributed by atoms with E-state index in [2.05, 4.69) is 5.32 Å². The molecular formula is C12H13NO3S. The van der Waals surface area contributed by atoms with E-state index in [4.69, 9.17) is 0 Å². The number of phenols is 2. The lowest BCUT2D eigenvalue weighted by Crippen LogP contribution is -2.21. The summed E-state index contributed by atoms with van der Waals surface area (Å²) in [6.45, 7) is 2.06. The third-order valence-electron chi connectivity index (χ3n) is 2.45. The average molecular weight is 251 g/mol. The summed E-state index contributed by atoms with van der Waals surface area (Å²) >= 11 is 1.55. The van der Waals surface area contributed by atoms with Crippen LogP contribution in [0.2, 0.25) is 0 Å². The maximum absolute atomic E-state index is 10.7. The van der Waals surface area contributed by atoms with Crippen molar-refractivity contribution in [2.24, 2.45) is 0 Å². The minimum absolute atomic E-state index is 0.0494. The number of aromatic hydroxyl groups is 2. The van der Waals surface area contributed by atoms with Gasteiger partial charge in [0.05, 0.1) is 0 Å². The Morgan fingerprint density at radius 2 is 2.18 bits per heavy atom. The molecule has 1 aromatic heterocycles. The van der Waals surface area contributed by atoms with Gasteiger partial charge in [-0.25, -0.2) is 0 Å². The largest absolute Gasteiger partial charge is 0.504 e. The second-order valence-corrected chi connectivity index (χ2v) is 4.96. The molecule has 0 fully saturated rings. The van der Waals surface area contributed by atoms with E-state index in [-0.39, 0.29) is 17.4 Å². The van der Waals surface area contributed by atoms with Crippen LogP contribution in [-0.4, -0.2) is 22.7 Å². The summed E-state index contributed by atoms with van der Waals surface area (Å²) in [4.78, 5) is 11.8. The van der Waals surface area contributed by atoms with Crippen molar-refractivity contribution in [1.29, 1.82) is 0 Å². The van der Waals surface area contributed by atoms with Crippen molar-refractivity contribution in [3.8, 4) is 11.5 Å². The van der Waals surface area contributed by atoms with Gasteiger partial charge in [-0.15, -0.1) is 11.3 Å². The molecule has 17 heavy (non-hydrogen) atoms. The highest BCUT2D eigenvalue weighted by Crippen LogP contribution is 2.38. The number of benzene rings is 1. The van der Waals surface area contributed by atoms with Crippen LogP contribution in [0.15, 0.2) is 18.2 Å². The van der Waals surface area contributed by atoms with Crippen molar-refractivity contribution in [3.05, 3.63) is 23.1 Å². The van der Waals surface area contributed by atoms with E-state index in [1.807, 2.05) is 6.07 Å². The number of hydrogen-bond acceptors (Lipinski definition) is 4. The smallest absolute Gasteiger partial charge is 0.216 e. The summed E-state index contributed by atoms with van der Waals surface area (Å²) in [6, 6.07) is 5.10. The topological polar surface area (TPSA) is 69.6 Å². The second-order valence-electron chi connectivity index (χ2n) is 3.79. The van der Waals surface area contributed by atoms with E-state index in [0.29, 0.717) is 11.9 Å². The Balaban J connectivity index is 2.20. The molecule has 0 unspecified atom stereocenters. The number of carbonyl (C=O) groups excluding carboxylic acids is 1. The maximum Gasteiger partial charge on any atom is 0.216 e. The number of rotatable bonds is 3. The second kappa shape index (κ2) is 4.63. The highest BCUT2D eigenvalue weighted by atomic mass is 32.1. The molecule has 90 valence electrons. The zero-order valence-electron chi connectivity index (χ0n) is 9.36. The van der Waals surface area contributed by atoms with Gasteiger partial charge < -0.3 is 15.5 Å². The van der Waals surface area contributed by atoms with E-state index >= 15 is 0 Å². The number of amides is 1. The molecule has 0 atom stereocenters. The van der Waals surface area contributed by atoms with Crippen molar-refractivity contribution in [2.75, 3.05) is 6.54 Å². The van der Waals surface area contributed by atoms with E-state index < -0.39 is 0 Å². The maximum atomic E-state index is 10.7. The first-order valence-corrected chi connectivity index (χ1v) is 6.07. The molecule has 0 radical (unpaired) electrons. The van der Waals surface area contributed by atoms with Crippen LogP contribution in [0.4, 0.5) is 0 Å². The normalized spacial score (nSPS) is 10.6. The molecule has 1 amide bonds. The first kappa shape index (κ1) is 11.7. The first-order valence-electron chi connectivity index (χ1n) is 5.25. The number of fused-ring (bicyclic) bond motifs is 1. The predicted octanol–water partition coefficient (Wildman–Crippen LogP) is 1.99. The predicted molar refractivity (Wildman–Crippen MR) is 67.5 cm³/mol. The summed E-state index contributed by atoms with van der Waals surface area (Å²) in [5.41, 5.74) is 0. The highest BCUT2D eigenvalue weighted by molar-refractivity contribution is 7.19. The van der Waals surface area contributed by atoms with Crippen LogP contribution < -0.4 is 5.32 Å². The van der Waals surface area contributed by atoms with Crippen LogP contribution in [0.25, 0.3) is 10.1 Å². The lowest BCUT2D eigenvalue weighted by molar-refractivity contribution is -0.118. The van der Waals surface area contributed by atoms with Gasteiger partial charge in [0.15, 0.2) is 11.5 Å². The Labute approximate surface area is 103 Å². The number of hydrogen-bond donors (Lipinski definition) is 3. The molecule has 2 aromatic rings. The van der Waals surface area contributed by atoms with Gasteiger partial charge in [-0.3, -0.25) is 4.79 Å². The molecular weight excluding hydrogens is 238 g/mol. The molecule has 1 aromatic carbocycles. The van der Waals surface area contributed by atoms with Gasteiger partial charge >= 0.3 is 0 Å². The molecule has 3 N–H and O–H groups in total. The van der Waals surface area contributed by atoms with Crippen molar-refractivity contribution in [3.63, 3.8) is 0 Å². The third-order valence-corrected chi connectivity index (χ3v) is 3.61. The van der Waals surface area contributed by atoms with Gasteiger partial charge in [-0.1, -0.05) is 0 Å². The van der Waals surface area contributed by atoms with E-state index in [1.165, 1.54) is 13.0 Å². The zero-order valence-corrected chi connectivity index (χ0v) is 10.2. The number of thiophene rings is 1. The first-order chi connectivity index (χ1) is 8.08. The summed E-state index contributed by atoms with van der Waals surface area (Å²) in [6.07, 6.45) is 0.721. The van der Waals surface area contributed by atoms with Crippen LogP contribution in [0, 0.1) is 0 Å². The summed E-state index contributed by atoms with van der Waals surface area (Å²) in [7, 11) is 0. The molecule has 0 bridgehead atoms. The Morgan fingerprint density at radius 3 is 2.88 bits per heavy atom. The molecule has 4 nitrogen and oxygen atoms in total. The summed E-state index contributed by atoms with van der Waals surface area (Å²) < 4.78 is 0.929. The third kappa shape index (κ3) is 2.50. The van der Waals surface area contributed by atoms with Crippen LogP contribution in [0.3, 0.4) is 0 Å². The monoisotopic (exact) mass is 251 g/mol. The molecule has 0 saturated heterocycles. The van der Waals surface area contributed by atoms with Gasteiger partial charge in [0.25, 0.3) is 0 Å². The highest BCUT2D eigenvalue weighted by Gasteiger charge is 2.09. The molecule has 1 heterocycles. The molecule has 5 heteroatoms. The molecule has 0 spiro atoms. The number of nitrogens with one attached hydrogen (secondary N) is 1. The van der Waals surface area contributed by atoms with Gasteiger partial charge in [-0.05, 0) is 24.6 Å². The minimum atomic E-state index is -0.108. The fourth-order valence-electron chi connectivity index (χ4n) is 1.62. The standard InChI is InChI=1S/C12H13NO3S/c1-7(14)13-5-4-8-6-9-11(17-8)3-2-10(15)12(9)16/h2-3,6,15-16H,4-5H2,1H3,(H,13,14). The Bertz CT molecular complexity index is 562. The molecule has 0 aliphatic heterocycles. The SMILES string of the molecule is CC(=O)NCCc1cc2c(O)c(O)ccc2s1. The fraction of sp³-hybridized carbons (Fsp3) is 0.250. The Kier molecular flexibility index (Phi) is 3.19. The van der Waals surface area contributed by atoms with Gasteiger partial charge in [0.1, 0.15) is 0 Å². The van der Waals surface area contributed by atoms with E-state index in [0.717, 1.165) is 16.0 Å². The lowest BCUT2D eigenvalue weighted by atomic mass is 10.2. The van der Waals surface area contributed by atoms with Crippen molar-refractivity contribution < 1.29 is 15.0 Å². The average Bonchev–Trinajstić information content (AvgIpc) is 2.67. The molecule has 0 aliphatic rings. The van der Waals surface area contributed by atoms with Crippen LogP contribution in [-0.2, 0) is 11.2 Å². The molecule has 0 aliphatic carbocycles. The van der Waals surface area contributed by atoms with Crippen molar-refractivity contribution in [1.82, 2.24) is 5.32 Å². The quantitative estimate of drug-likeness (QED) is 0.731. The molecule has 0 saturated carbocycles. The van der Waals surface area contributed by atoms with Crippen LogP contribution >= 0.6 is 11.3 Å². The van der Waals surface area contributed by atoms with E-state index in [1.54, 1.807) is 17.4 Å². The van der Waals surface area contributed by atoms with Crippen molar-refractivity contribution in [2.45, 2.75) is 13.3 Å². The van der Waals surface area contributed by atoms with Gasteiger partial charge in [-0.2, -0.15) is 0 Å². The summed E-state index contributed by atoms with van der Waals surface area (Å²) in [5.74, 6) is -0.236. The van der Waals surface area contributed by atoms with Gasteiger partial charge in [0, 0.05) is 28.4 Å². The zero-order chi connectivity index (χ0) is 12.4. The summed E-state index contributed by atoms with van der Waals surface area (Å²) in [5, 5.41) is 22.4. The Morgan fingerprint density at radius 1 is 1.41 bits per heavy atom. The van der Waals surface area contributed by atoms with Crippen molar-refractivity contribution >= 4 is 27.3 Å². The Hall–Kier alpha value is -1.75. The number of carbonyl (C=O) groups is 1. The van der Waals surface area contributed by atoms with Gasteiger partial charge in [0.2, 0.25) is 5.91 Å². The minimum Gasteiger partial charge on any atom is -0.504 e. The fourth-order valence-corrected chi connectivity index (χ4v) is 2.69. The lowest BCUT2D eigenvalue weighted by Gasteiger charge is -1.98. The van der Waals surface area contributed by atoms with Crippen LogP contribution in [0.1, 0.15) is 11.8 Å².